The molecular formula is C17H26N4O2. The molecule has 0 aliphatic carbocycles. The van der Waals surface area contributed by atoms with Crippen LogP contribution in [0.4, 0.5) is 0 Å². The molecule has 23 heavy (non-hydrogen) atoms. The molecular weight excluding hydrogens is 292 g/mol. The Morgan fingerprint density at radius 3 is 2.65 bits per heavy atom. The van der Waals surface area contributed by atoms with E-state index in [4.69, 9.17) is 4.74 Å². The van der Waals surface area contributed by atoms with E-state index in [1.807, 2.05) is 12.4 Å². The van der Waals surface area contributed by atoms with Crippen molar-refractivity contribution in [3.63, 3.8) is 0 Å². The van der Waals surface area contributed by atoms with Crippen molar-refractivity contribution in [3.8, 4) is 0 Å². The van der Waals surface area contributed by atoms with E-state index in [0.717, 1.165) is 50.4 Å². The van der Waals surface area contributed by atoms with Crippen LogP contribution in [-0.2, 0) is 22.7 Å². The molecule has 1 amide bonds. The summed E-state index contributed by atoms with van der Waals surface area (Å²) in [5.41, 5.74) is 1.52. The van der Waals surface area contributed by atoms with Gasteiger partial charge in [-0.15, -0.1) is 0 Å². The van der Waals surface area contributed by atoms with Crippen molar-refractivity contribution >= 4 is 5.91 Å². The van der Waals surface area contributed by atoms with Gasteiger partial charge in [-0.1, -0.05) is 0 Å². The molecule has 1 spiro atoms. The first-order valence-electron chi connectivity index (χ1n) is 8.47. The Bertz CT molecular complexity index is 524. The Morgan fingerprint density at radius 2 is 1.96 bits per heavy atom. The topological polar surface area (TPSA) is 67.3 Å². The number of ether oxygens (including phenoxy) is 1. The van der Waals surface area contributed by atoms with E-state index in [1.54, 1.807) is 7.11 Å². The number of hydrogen-bond donors (Lipinski definition) is 1. The quantitative estimate of drug-likeness (QED) is 0.911. The van der Waals surface area contributed by atoms with Crippen LogP contribution in [0.2, 0.25) is 0 Å². The third-order valence-electron chi connectivity index (χ3n) is 5.22. The zero-order valence-electron chi connectivity index (χ0n) is 13.9. The molecule has 0 aromatic carbocycles. The number of amides is 1. The van der Waals surface area contributed by atoms with Crippen molar-refractivity contribution in [1.82, 2.24) is 20.2 Å². The van der Waals surface area contributed by atoms with Gasteiger partial charge in [0.1, 0.15) is 6.61 Å². The first-order valence-corrected chi connectivity index (χ1v) is 8.47. The van der Waals surface area contributed by atoms with Gasteiger partial charge in [0.2, 0.25) is 5.91 Å². The number of likely N-dealkylation sites (tertiary alicyclic amines) is 1. The standard InChI is InChI=1S/C17H26N4O2/c1-23-13-15-19-10-14(11-20-15)12-21-8-5-17(6-9-21)3-2-16(22)18-7-4-17/h10-11H,2-9,12-13H2,1H3,(H,18,22). The van der Waals surface area contributed by atoms with Gasteiger partial charge in [0.15, 0.2) is 5.82 Å². The highest BCUT2D eigenvalue weighted by Gasteiger charge is 2.35. The number of carbonyl (C=O) groups excluding carboxylic acids is 1. The fourth-order valence-electron chi connectivity index (χ4n) is 3.67. The van der Waals surface area contributed by atoms with Crippen molar-refractivity contribution in [1.29, 1.82) is 0 Å². The second-order valence-electron chi connectivity index (χ2n) is 6.82. The van der Waals surface area contributed by atoms with E-state index in [1.165, 1.54) is 12.8 Å². The summed E-state index contributed by atoms with van der Waals surface area (Å²) in [6.07, 6.45) is 9.03. The molecule has 3 heterocycles. The van der Waals surface area contributed by atoms with Crippen LogP contribution in [0.3, 0.4) is 0 Å². The van der Waals surface area contributed by atoms with Crippen molar-refractivity contribution in [3.05, 3.63) is 23.8 Å². The molecule has 0 atom stereocenters. The minimum Gasteiger partial charge on any atom is -0.377 e. The highest BCUT2D eigenvalue weighted by atomic mass is 16.5. The van der Waals surface area contributed by atoms with Gasteiger partial charge in [0.25, 0.3) is 0 Å². The molecule has 2 saturated heterocycles. The van der Waals surface area contributed by atoms with E-state index in [-0.39, 0.29) is 5.91 Å². The maximum atomic E-state index is 11.5. The lowest BCUT2D eigenvalue weighted by Crippen LogP contribution is -2.40. The Balaban J connectivity index is 1.51. The molecule has 0 bridgehead atoms. The second-order valence-corrected chi connectivity index (χ2v) is 6.82. The Labute approximate surface area is 137 Å². The molecule has 0 unspecified atom stereocenters. The fraction of sp³-hybridized carbons (Fsp3) is 0.706. The molecule has 1 N–H and O–H groups in total. The average Bonchev–Trinajstić information content (AvgIpc) is 2.74. The smallest absolute Gasteiger partial charge is 0.220 e. The van der Waals surface area contributed by atoms with Gasteiger partial charge in [0.05, 0.1) is 0 Å². The van der Waals surface area contributed by atoms with Gasteiger partial charge in [-0.05, 0) is 44.2 Å². The highest BCUT2D eigenvalue weighted by Crippen LogP contribution is 2.40. The molecule has 2 aliphatic rings. The van der Waals surface area contributed by atoms with E-state index in [0.29, 0.717) is 18.4 Å². The summed E-state index contributed by atoms with van der Waals surface area (Å²) in [4.78, 5) is 22.7. The summed E-state index contributed by atoms with van der Waals surface area (Å²) in [5.74, 6) is 0.946. The van der Waals surface area contributed by atoms with Crippen molar-refractivity contribution in [2.45, 2.75) is 45.3 Å². The second kappa shape index (κ2) is 7.36. The van der Waals surface area contributed by atoms with Crippen LogP contribution in [-0.4, -0.2) is 47.5 Å². The van der Waals surface area contributed by atoms with E-state index >= 15 is 0 Å². The SMILES string of the molecule is COCc1ncc(CN2CCC3(CCNC(=O)CC3)CC2)cn1. The van der Waals surface area contributed by atoms with Crippen LogP contribution in [0.5, 0.6) is 0 Å². The lowest BCUT2D eigenvalue weighted by atomic mass is 9.73. The van der Waals surface area contributed by atoms with Crippen molar-refractivity contribution in [2.75, 3.05) is 26.7 Å². The first kappa shape index (κ1) is 16.3. The van der Waals surface area contributed by atoms with Gasteiger partial charge in [-0.3, -0.25) is 9.69 Å². The van der Waals surface area contributed by atoms with Crippen molar-refractivity contribution in [2.24, 2.45) is 5.41 Å². The van der Waals surface area contributed by atoms with Crippen LogP contribution >= 0.6 is 0 Å². The molecule has 6 heteroatoms. The summed E-state index contributed by atoms with van der Waals surface area (Å²) < 4.78 is 5.03. The van der Waals surface area contributed by atoms with Gasteiger partial charge in [-0.25, -0.2) is 9.97 Å². The maximum absolute atomic E-state index is 11.5. The van der Waals surface area contributed by atoms with Crippen molar-refractivity contribution < 1.29 is 9.53 Å². The maximum Gasteiger partial charge on any atom is 0.220 e. The van der Waals surface area contributed by atoms with E-state index < -0.39 is 0 Å². The molecule has 2 fully saturated rings. The highest BCUT2D eigenvalue weighted by molar-refractivity contribution is 5.76. The third-order valence-corrected chi connectivity index (χ3v) is 5.22. The average molecular weight is 318 g/mol. The molecule has 3 rings (SSSR count). The number of piperidine rings is 1. The normalized spacial score (nSPS) is 21.9. The summed E-state index contributed by atoms with van der Waals surface area (Å²) in [6.45, 7) is 4.38. The molecule has 6 nitrogen and oxygen atoms in total. The van der Waals surface area contributed by atoms with Gasteiger partial charge in [0, 0.05) is 44.6 Å². The third kappa shape index (κ3) is 4.26. The lowest BCUT2D eigenvalue weighted by molar-refractivity contribution is -0.121. The number of methoxy groups -OCH3 is 1. The van der Waals surface area contributed by atoms with Crippen LogP contribution in [0.25, 0.3) is 0 Å². The molecule has 2 aliphatic heterocycles. The zero-order valence-corrected chi connectivity index (χ0v) is 13.9. The number of rotatable bonds is 4. The lowest BCUT2D eigenvalue weighted by Gasteiger charge is -2.41. The monoisotopic (exact) mass is 318 g/mol. The Hall–Kier alpha value is -1.53. The summed E-state index contributed by atoms with van der Waals surface area (Å²) in [6, 6.07) is 0. The number of hydrogen-bond acceptors (Lipinski definition) is 5. The van der Waals surface area contributed by atoms with Gasteiger partial charge in [-0.2, -0.15) is 0 Å². The van der Waals surface area contributed by atoms with Gasteiger partial charge >= 0.3 is 0 Å². The van der Waals surface area contributed by atoms with E-state index in [9.17, 15) is 4.79 Å². The van der Waals surface area contributed by atoms with Crippen LogP contribution in [0, 0.1) is 5.41 Å². The molecule has 0 radical (unpaired) electrons. The molecule has 1 aromatic rings. The van der Waals surface area contributed by atoms with E-state index in [2.05, 4.69) is 20.2 Å². The fourth-order valence-corrected chi connectivity index (χ4v) is 3.67. The Kier molecular flexibility index (Phi) is 5.23. The van der Waals surface area contributed by atoms with Crippen LogP contribution in [0.15, 0.2) is 12.4 Å². The first-order chi connectivity index (χ1) is 11.2. The van der Waals surface area contributed by atoms with Gasteiger partial charge < -0.3 is 10.1 Å². The number of nitrogens with one attached hydrogen (secondary N) is 1. The molecule has 126 valence electrons. The zero-order chi connectivity index (χ0) is 16.1. The number of aromatic nitrogens is 2. The Morgan fingerprint density at radius 1 is 1.22 bits per heavy atom. The number of carbonyl (C=O) groups is 1. The summed E-state index contributed by atoms with van der Waals surface area (Å²) >= 11 is 0. The minimum absolute atomic E-state index is 0.220. The predicted octanol–water partition coefficient (Wildman–Crippen LogP) is 1.51. The minimum atomic E-state index is 0.220. The summed E-state index contributed by atoms with van der Waals surface area (Å²) in [7, 11) is 1.65. The molecule has 0 saturated carbocycles. The van der Waals surface area contributed by atoms with Crippen LogP contribution < -0.4 is 5.32 Å². The predicted molar refractivity (Wildman–Crippen MR) is 86.5 cm³/mol. The van der Waals surface area contributed by atoms with Crippen LogP contribution in [0.1, 0.15) is 43.5 Å². The summed E-state index contributed by atoms with van der Waals surface area (Å²) in [5, 5.41) is 3.00. The largest absolute Gasteiger partial charge is 0.377 e. The number of nitrogens with zero attached hydrogens (tertiary/aromatic N) is 3. The molecule has 1 aromatic heterocycles.